The number of carbonyl (C=O) groups excluding carboxylic acids is 1. The lowest BCUT2D eigenvalue weighted by Gasteiger charge is -2.17. The van der Waals surface area contributed by atoms with E-state index >= 15 is 0 Å². The van der Waals surface area contributed by atoms with E-state index < -0.39 is 17.8 Å². The number of aryl methyl sites for hydroxylation is 2. The third-order valence-electron chi connectivity index (χ3n) is 4.28. The summed E-state index contributed by atoms with van der Waals surface area (Å²) in [6.07, 6.45) is -1.81. The molecule has 1 atom stereocenters. The van der Waals surface area contributed by atoms with Crippen molar-refractivity contribution in [2.75, 3.05) is 6.26 Å². The summed E-state index contributed by atoms with van der Waals surface area (Å²) in [6.45, 7) is 5.43. The third kappa shape index (κ3) is 5.69. The minimum absolute atomic E-state index is 0.215. The molecule has 2 aromatic rings. The summed E-state index contributed by atoms with van der Waals surface area (Å²) in [4.78, 5) is 21.0. The number of amides is 1. The number of nitrogens with one attached hydrogen (secondary N) is 1. The van der Waals surface area contributed by atoms with Crippen LogP contribution in [-0.2, 0) is 17.4 Å². The molecule has 0 radical (unpaired) electrons. The summed E-state index contributed by atoms with van der Waals surface area (Å²) in [5.74, 6) is -0.229. The first-order chi connectivity index (χ1) is 12.6. The van der Waals surface area contributed by atoms with Crippen LogP contribution >= 0.6 is 11.8 Å². The third-order valence-corrected chi connectivity index (χ3v) is 4.82. The first-order valence-corrected chi connectivity index (χ1v) is 9.69. The number of carbonyl (C=O) groups is 1. The highest BCUT2D eigenvalue weighted by Gasteiger charge is 2.30. The molecule has 0 aliphatic carbocycles. The molecule has 27 heavy (non-hydrogen) atoms. The molecule has 0 saturated heterocycles. The number of thioether (sulfide) groups is 1. The van der Waals surface area contributed by atoms with E-state index in [-0.39, 0.29) is 12.3 Å². The molecule has 0 aliphatic rings. The molecule has 0 saturated carbocycles. The summed E-state index contributed by atoms with van der Waals surface area (Å²) in [7, 11) is 0. The average Bonchev–Trinajstić information content (AvgIpc) is 2.60. The zero-order valence-electron chi connectivity index (χ0n) is 15.6. The fourth-order valence-corrected chi connectivity index (χ4v) is 3.24. The zero-order chi connectivity index (χ0) is 20.2. The average molecular weight is 397 g/mol. The summed E-state index contributed by atoms with van der Waals surface area (Å²) in [5.41, 5.74) is 2.29. The Morgan fingerprint density at radius 2 is 1.85 bits per heavy atom. The van der Waals surface area contributed by atoms with Crippen LogP contribution in [-0.4, -0.2) is 22.1 Å². The second-order valence-corrected chi connectivity index (χ2v) is 7.05. The molecule has 1 aromatic heterocycles. The van der Waals surface area contributed by atoms with Gasteiger partial charge in [-0.25, -0.2) is 9.97 Å². The lowest BCUT2D eigenvalue weighted by atomic mass is 10.0. The molecule has 1 aromatic carbocycles. The smallest absolute Gasteiger partial charge is 0.350 e. The Bertz CT molecular complexity index is 801. The topological polar surface area (TPSA) is 54.9 Å². The number of rotatable bonds is 6. The summed E-state index contributed by atoms with van der Waals surface area (Å²) in [6, 6.07) is 4.48. The van der Waals surface area contributed by atoms with Gasteiger partial charge in [0.05, 0.1) is 11.6 Å². The number of hydrogen-bond acceptors (Lipinski definition) is 4. The summed E-state index contributed by atoms with van der Waals surface area (Å²) < 4.78 is 38.5. The Labute approximate surface area is 161 Å². The van der Waals surface area contributed by atoms with E-state index in [1.54, 1.807) is 13.0 Å². The van der Waals surface area contributed by atoms with Crippen molar-refractivity contribution in [3.8, 4) is 0 Å². The van der Waals surface area contributed by atoms with Crippen LogP contribution in [0.25, 0.3) is 0 Å². The van der Waals surface area contributed by atoms with Gasteiger partial charge in [-0.15, -0.1) is 0 Å². The number of halogens is 3. The quantitative estimate of drug-likeness (QED) is 0.570. The van der Waals surface area contributed by atoms with Gasteiger partial charge in [-0.3, -0.25) is 4.79 Å². The van der Waals surface area contributed by atoms with E-state index in [1.165, 1.54) is 17.8 Å². The second-order valence-electron chi connectivity index (χ2n) is 6.27. The van der Waals surface area contributed by atoms with Gasteiger partial charge < -0.3 is 5.32 Å². The predicted octanol–water partition coefficient (Wildman–Crippen LogP) is 4.64. The molecular formula is C19H22F3N3OS. The van der Waals surface area contributed by atoms with Crippen LogP contribution < -0.4 is 5.32 Å². The highest BCUT2D eigenvalue weighted by atomic mass is 32.2. The Kier molecular flexibility index (Phi) is 6.86. The molecule has 0 bridgehead atoms. The maximum Gasteiger partial charge on any atom is 0.416 e. The molecule has 1 N–H and O–H groups in total. The maximum atomic E-state index is 12.8. The molecule has 4 nitrogen and oxygen atoms in total. The van der Waals surface area contributed by atoms with Crippen molar-refractivity contribution >= 4 is 17.7 Å². The van der Waals surface area contributed by atoms with Gasteiger partial charge in [0.25, 0.3) is 0 Å². The van der Waals surface area contributed by atoms with Gasteiger partial charge in [0.15, 0.2) is 5.16 Å². The number of aromatic nitrogens is 2. The Balaban J connectivity index is 2.00. The zero-order valence-corrected chi connectivity index (χ0v) is 16.5. The molecule has 1 heterocycles. The maximum absolute atomic E-state index is 12.8. The van der Waals surface area contributed by atoms with Crippen molar-refractivity contribution in [2.45, 2.75) is 51.0 Å². The molecule has 0 aliphatic heterocycles. The molecule has 0 spiro atoms. The lowest BCUT2D eigenvalue weighted by Crippen LogP contribution is -2.27. The van der Waals surface area contributed by atoms with Gasteiger partial charge in [-0.05, 0) is 56.7 Å². The van der Waals surface area contributed by atoms with Gasteiger partial charge in [0.2, 0.25) is 5.91 Å². The van der Waals surface area contributed by atoms with Crippen LogP contribution in [0.4, 0.5) is 13.2 Å². The molecule has 2 rings (SSSR count). The van der Waals surface area contributed by atoms with E-state index in [1.807, 2.05) is 20.1 Å². The predicted molar refractivity (Wildman–Crippen MR) is 99.6 cm³/mol. The SMILES string of the molecule is CSc1nc(C)c(CCC(=O)NC(C)c2cccc(C(F)(F)F)c2)c(C)n1. The molecule has 1 amide bonds. The lowest BCUT2D eigenvalue weighted by molar-refractivity contribution is -0.137. The Morgan fingerprint density at radius 1 is 1.22 bits per heavy atom. The number of hydrogen-bond donors (Lipinski definition) is 1. The number of alkyl halides is 3. The van der Waals surface area contributed by atoms with Crippen LogP contribution in [0.2, 0.25) is 0 Å². The minimum Gasteiger partial charge on any atom is -0.350 e. The monoisotopic (exact) mass is 397 g/mol. The number of benzene rings is 1. The summed E-state index contributed by atoms with van der Waals surface area (Å²) >= 11 is 1.46. The minimum atomic E-state index is -4.41. The standard InChI is InChI=1S/C19H22F3N3OS/c1-11(14-6-5-7-15(10-14)19(20,21)22)23-17(26)9-8-16-12(2)24-18(27-4)25-13(16)3/h5-7,10-11H,8-9H2,1-4H3,(H,23,26). The van der Waals surface area contributed by atoms with Gasteiger partial charge in [-0.2, -0.15) is 13.2 Å². The number of nitrogens with zero attached hydrogens (tertiary/aromatic N) is 2. The first kappa shape index (κ1) is 21.2. The van der Waals surface area contributed by atoms with E-state index in [0.29, 0.717) is 17.1 Å². The van der Waals surface area contributed by atoms with Crippen molar-refractivity contribution in [1.82, 2.24) is 15.3 Å². The molecule has 8 heteroatoms. The normalized spacial score (nSPS) is 12.7. The Morgan fingerprint density at radius 3 is 2.41 bits per heavy atom. The van der Waals surface area contributed by atoms with Crippen molar-refractivity contribution in [3.63, 3.8) is 0 Å². The van der Waals surface area contributed by atoms with Crippen LogP contribution in [0.5, 0.6) is 0 Å². The fraction of sp³-hybridized carbons (Fsp3) is 0.421. The van der Waals surface area contributed by atoms with Crippen molar-refractivity contribution in [3.05, 3.63) is 52.3 Å². The molecule has 146 valence electrons. The highest BCUT2D eigenvalue weighted by Crippen LogP contribution is 2.30. The molecule has 1 unspecified atom stereocenters. The highest BCUT2D eigenvalue weighted by molar-refractivity contribution is 7.98. The summed E-state index contributed by atoms with van der Waals surface area (Å²) in [5, 5.41) is 3.45. The van der Waals surface area contributed by atoms with Crippen molar-refractivity contribution in [1.29, 1.82) is 0 Å². The van der Waals surface area contributed by atoms with E-state index in [0.717, 1.165) is 29.1 Å². The van der Waals surface area contributed by atoms with E-state index in [4.69, 9.17) is 0 Å². The van der Waals surface area contributed by atoms with E-state index in [9.17, 15) is 18.0 Å². The molecular weight excluding hydrogens is 375 g/mol. The van der Waals surface area contributed by atoms with Crippen LogP contribution in [0.3, 0.4) is 0 Å². The van der Waals surface area contributed by atoms with Gasteiger partial charge in [0.1, 0.15) is 0 Å². The Hall–Kier alpha value is -2.09. The fourth-order valence-electron chi connectivity index (χ4n) is 2.78. The van der Waals surface area contributed by atoms with Crippen molar-refractivity contribution < 1.29 is 18.0 Å². The largest absolute Gasteiger partial charge is 0.416 e. The van der Waals surface area contributed by atoms with Gasteiger partial charge in [-0.1, -0.05) is 23.9 Å². The van der Waals surface area contributed by atoms with Crippen LogP contribution in [0.1, 0.15) is 47.5 Å². The van der Waals surface area contributed by atoms with E-state index in [2.05, 4.69) is 15.3 Å². The second kappa shape index (κ2) is 8.73. The van der Waals surface area contributed by atoms with Gasteiger partial charge in [0, 0.05) is 17.8 Å². The van der Waals surface area contributed by atoms with Crippen LogP contribution in [0, 0.1) is 13.8 Å². The van der Waals surface area contributed by atoms with Gasteiger partial charge >= 0.3 is 6.18 Å². The van der Waals surface area contributed by atoms with Crippen molar-refractivity contribution in [2.24, 2.45) is 0 Å². The molecule has 0 fully saturated rings. The van der Waals surface area contributed by atoms with Crippen LogP contribution in [0.15, 0.2) is 29.4 Å². The first-order valence-electron chi connectivity index (χ1n) is 8.46.